The molecule has 82 valence electrons. The van der Waals surface area contributed by atoms with Gasteiger partial charge in [-0.15, -0.1) is 0 Å². The number of anilines is 1. The van der Waals surface area contributed by atoms with E-state index < -0.39 is 0 Å². The first kappa shape index (κ1) is 11.3. The number of hydrogen-bond donors (Lipinski definition) is 2. The molecule has 0 aliphatic heterocycles. The highest BCUT2D eigenvalue weighted by Crippen LogP contribution is 2.33. The molecule has 3 N–H and O–H groups in total. The van der Waals surface area contributed by atoms with E-state index in [1.165, 1.54) is 0 Å². The van der Waals surface area contributed by atoms with Gasteiger partial charge in [0.1, 0.15) is 0 Å². The second-order valence-electron chi connectivity index (χ2n) is 3.20. The number of nitrogens with one attached hydrogen (secondary N) is 1. The molecule has 0 amide bonds. The van der Waals surface area contributed by atoms with Crippen LogP contribution in [0.4, 0.5) is 5.69 Å². The number of nitrogen functional groups attached to an aromatic ring is 1. The molecule has 2 aromatic rings. The van der Waals surface area contributed by atoms with Crippen molar-refractivity contribution < 1.29 is 0 Å². The molecule has 0 saturated heterocycles. The van der Waals surface area contributed by atoms with Gasteiger partial charge in [0.15, 0.2) is 0 Å². The number of para-hydroxylation sites is 1. The lowest BCUT2D eigenvalue weighted by Gasteiger charge is -2.07. The van der Waals surface area contributed by atoms with Gasteiger partial charge in [0.25, 0.3) is 0 Å². The number of hydrogen-bond acceptors (Lipinski definition) is 3. The summed E-state index contributed by atoms with van der Waals surface area (Å²) in [5.41, 5.74) is 3.59. The Morgan fingerprint density at radius 2 is 1.88 bits per heavy atom. The Kier molecular flexibility index (Phi) is 3.72. The summed E-state index contributed by atoms with van der Waals surface area (Å²) in [6.07, 6.45) is 0. The quantitative estimate of drug-likeness (QED) is 0.643. The molecule has 0 unspecified atom stereocenters. The van der Waals surface area contributed by atoms with E-state index in [1.807, 2.05) is 48.5 Å². The second kappa shape index (κ2) is 5.25. The van der Waals surface area contributed by atoms with Crippen LogP contribution in [-0.4, -0.2) is 0 Å². The molecule has 0 radical (unpaired) electrons. The number of hydrazine groups is 1. The van der Waals surface area contributed by atoms with Crippen LogP contribution in [-0.2, 0) is 0 Å². The summed E-state index contributed by atoms with van der Waals surface area (Å²) in [6, 6.07) is 15.6. The van der Waals surface area contributed by atoms with Crippen molar-refractivity contribution in [3.63, 3.8) is 0 Å². The van der Waals surface area contributed by atoms with Gasteiger partial charge in [-0.2, -0.15) is 0 Å². The summed E-state index contributed by atoms with van der Waals surface area (Å²) in [4.78, 5) is 2.17. The van der Waals surface area contributed by atoms with E-state index in [0.29, 0.717) is 0 Å². The Morgan fingerprint density at radius 1 is 1.06 bits per heavy atom. The molecular formula is C12H11ClN2S. The van der Waals surface area contributed by atoms with Crippen LogP contribution in [0.2, 0.25) is 5.02 Å². The zero-order chi connectivity index (χ0) is 11.4. The van der Waals surface area contributed by atoms with Gasteiger partial charge in [0.05, 0.1) is 5.69 Å². The molecule has 2 aromatic carbocycles. The molecule has 16 heavy (non-hydrogen) atoms. The van der Waals surface area contributed by atoms with Crippen LogP contribution < -0.4 is 11.3 Å². The van der Waals surface area contributed by atoms with Crippen molar-refractivity contribution in [2.75, 3.05) is 5.43 Å². The topological polar surface area (TPSA) is 38.0 Å². The Hall–Kier alpha value is -1.16. The summed E-state index contributed by atoms with van der Waals surface area (Å²) < 4.78 is 0. The first-order chi connectivity index (χ1) is 7.79. The van der Waals surface area contributed by atoms with Crippen LogP contribution in [0.15, 0.2) is 58.3 Å². The first-order valence-corrected chi connectivity index (χ1v) is 5.98. The van der Waals surface area contributed by atoms with Gasteiger partial charge in [-0.05, 0) is 30.3 Å². The monoisotopic (exact) mass is 250 g/mol. The van der Waals surface area contributed by atoms with Crippen molar-refractivity contribution in [3.8, 4) is 0 Å². The Morgan fingerprint density at radius 3 is 2.62 bits per heavy atom. The predicted molar refractivity (Wildman–Crippen MR) is 69.8 cm³/mol. The Labute approximate surface area is 104 Å². The van der Waals surface area contributed by atoms with Gasteiger partial charge >= 0.3 is 0 Å². The predicted octanol–water partition coefficient (Wildman–Crippen LogP) is 3.78. The van der Waals surface area contributed by atoms with Gasteiger partial charge in [-0.3, -0.25) is 5.84 Å². The van der Waals surface area contributed by atoms with Crippen LogP contribution >= 0.6 is 23.4 Å². The van der Waals surface area contributed by atoms with Gasteiger partial charge < -0.3 is 5.43 Å². The SMILES string of the molecule is NNc1ccccc1Sc1cccc(Cl)c1. The highest BCUT2D eigenvalue weighted by molar-refractivity contribution is 7.99. The minimum atomic E-state index is 0.739. The molecule has 0 fully saturated rings. The Balaban J connectivity index is 2.26. The number of rotatable bonds is 3. The number of nitrogens with two attached hydrogens (primary N) is 1. The standard InChI is InChI=1S/C12H11ClN2S/c13-9-4-3-5-10(8-9)16-12-7-2-1-6-11(12)15-14/h1-8,15H,14H2. The molecule has 2 nitrogen and oxygen atoms in total. The van der Waals surface area contributed by atoms with Gasteiger partial charge in [0.2, 0.25) is 0 Å². The van der Waals surface area contributed by atoms with Crippen molar-refractivity contribution in [2.45, 2.75) is 9.79 Å². The zero-order valence-electron chi connectivity index (χ0n) is 8.48. The smallest absolute Gasteiger partial charge is 0.0624 e. The third kappa shape index (κ3) is 2.70. The van der Waals surface area contributed by atoms with Crippen molar-refractivity contribution in [2.24, 2.45) is 5.84 Å². The average Bonchev–Trinajstić information content (AvgIpc) is 2.30. The van der Waals surface area contributed by atoms with E-state index in [1.54, 1.807) is 11.8 Å². The van der Waals surface area contributed by atoms with Crippen LogP contribution in [0.1, 0.15) is 0 Å². The lowest BCUT2D eigenvalue weighted by molar-refractivity contribution is 1.28. The molecule has 0 spiro atoms. The molecule has 0 aromatic heterocycles. The van der Waals surface area contributed by atoms with Crippen LogP contribution in [0.3, 0.4) is 0 Å². The van der Waals surface area contributed by atoms with Crippen LogP contribution in [0, 0.1) is 0 Å². The van der Waals surface area contributed by atoms with Gasteiger partial charge in [-0.1, -0.05) is 41.6 Å². The van der Waals surface area contributed by atoms with E-state index >= 15 is 0 Å². The van der Waals surface area contributed by atoms with Crippen molar-refractivity contribution in [3.05, 3.63) is 53.6 Å². The largest absolute Gasteiger partial charge is 0.323 e. The van der Waals surface area contributed by atoms with Crippen molar-refractivity contribution in [1.82, 2.24) is 0 Å². The van der Waals surface area contributed by atoms with Crippen molar-refractivity contribution in [1.29, 1.82) is 0 Å². The minimum absolute atomic E-state index is 0.739. The molecule has 4 heteroatoms. The maximum absolute atomic E-state index is 5.93. The Bertz CT molecular complexity index is 488. The van der Waals surface area contributed by atoms with E-state index in [9.17, 15) is 0 Å². The average molecular weight is 251 g/mol. The van der Waals surface area contributed by atoms with Crippen LogP contribution in [0.5, 0.6) is 0 Å². The summed E-state index contributed by atoms with van der Waals surface area (Å²) in [5, 5.41) is 0.739. The fraction of sp³-hybridized carbons (Fsp3) is 0. The van der Waals surface area contributed by atoms with Crippen LogP contribution in [0.25, 0.3) is 0 Å². The fourth-order valence-electron chi connectivity index (χ4n) is 1.33. The first-order valence-electron chi connectivity index (χ1n) is 4.78. The maximum Gasteiger partial charge on any atom is 0.0624 e. The molecule has 2 rings (SSSR count). The number of halogens is 1. The summed E-state index contributed by atoms with van der Waals surface area (Å²) >= 11 is 7.56. The summed E-state index contributed by atoms with van der Waals surface area (Å²) in [5.74, 6) is 5.44. The summed E-state index contributed by atoms with van der Waals surface area (Å²) in [7, 11) is 0. The highest BCUT2D eigenvalue weighted by Gasteiger charge is 2.02. The molecule has 0 aliphatic carbocycles. The fourth-order valence-corrected chi connectivity index (χ4v) is 2.56. The lowest BCUT2D eigenvalue weighted by Crippen LogP contribution is -2.07. The van der Waals surface area contributed by atoms with E-state index in [-0.39, 0.29) is 0 Å². The second-order valence-corrected chi connectivity index (χ2v) is 4.75. The molecule has 0 aliphatic rings. The maximum atomic E-state index is 5.93. The summed E-state index contributed by atoms with van der Waals surface area (Å²) in [6.45, 7) is 0. The minimum Gasteiger partial charge on any atom is -0.323 e. The zero-order valence-corrected chi connectivity index (χ0v) is 10.1. The third-order valence-corrected chi connectivity index (χ3v) is 3.37. The van der Waals surface area contributed by atoms with Crippen molar-refractivity contribution >= 4 is 29.1 Å². The molecular weight excluding hydrogens is 240 g/mol. The highest BCUT2D eigenvalue weighted by atomic mass is 35.5. The molecule has 0 atom stereocenters. The number of benzene rings is 2. The van der Waals surface area contributed by atoms with E-state index in [4.69, 9.17) is 17.4 Å². The molecule has 0 heterocycles. The third-order valence-electron chi connectivity index (χ3n) is 2.07. The van der Waals surface area contributed by atoms with Gasteiger partial charge in [-0.25, -0.2) is 0 Å². The van der Waals surface area contributed by atoms with Gasteiger partial charge in [0, 0.05) is 14.8 Å². The molecule has 0 bridgehead atoms. The van der Waals surface area contributed by atoms with E-state index in [0.717, 1.165) is 20.5 Å². The lowest BCUT2D eigenvalue weighted by atomic mass is 10.3. The molecule has 0 saturated carbocycles. The normalized spacial score (nSPS) is 10.1. The van der Waals surface area contributed by atoms with E-state index in [2.05, 4.69) is 5.43 Å².